The largest absolute Gasteiger partial charge is 0.334 e. The predicted molar refractivity (Wildman–Crippen MR) is 88.3 cm³/mol. The molecule has 21 heavy (non-hydrogen) atoms. The Bertz CT molecular complexity index is 498. The van der Waals surface area contributed by atoms with Gasteiger partial charge in [-0.3, -0.25) is 4.79 Å². The number of rotatable bonds is 4. The molecular weight excluding hydrogens is 284 g/mol. The fourth-order valence-electron chi connectivity index (χ4n) is 3.47. The van der Waals surface area contributed by atoms with Crippen LogP contribution in [-0.2, 0) is 12.8 Å². The van der Waals surface area contributed by atoms with Crippen molar-refractivity contribution in [2.24, 2.45) is 0 Å². The molecule has 1 unspecified atom stereocenters. The summed E-state index contributed by atoms with van der Waals surface area (Å²) in [6, 6.07) is 6.69. The quantitative estimate of drug-likeness (QED) is 0.927. The number of aryl methyl sites for hydroxylation is 2. The fraction of sp³-hybridized carbons (Fsp3) is 0.588. The Morgan fingerprint density at radius 2 is 2.14 bits per heavy atom. The summed E-state index contributed by atoms with van der Waals surface area (Å²) in [4.78, 5) is 14.9. The molecule has 0 saturated carbocycles. The minimum Gasteiger partial charge on any atom is -0.334 e. The molecule has 0 bridgehead atoms. The Morgan fingerprint density at radius 3 is 2.86 bits per heavy atom. The average molecular weight is 309 g/mol. The van der Waals surface area contributed by atoms with Crippen LogP contribution in [0.25, 0.3) is 0 Å². The van der Waals surface area contributed by atoms with E-state index in [1.54, 1.807) is 0 Å². The molecule has 1 N–H and O–H groups in total. The summed E-state index contributed by atoms with van der Waals surface area (Å²) in [5, 5.41) is 3.37. The molecule has 1 aromatic rings. The number of halogens is 1. The van der Waals surface area contributed by atoms with Gasteiger partial charge < -0.3 is 10.2 Å². The van der Waals surface area contributed by atoms with Crippen molar-refractivity contribution in [3.05, 3.63) is 34.9 Å². The lowest BCUT2D eigenvalue weighted by atomic mass is 10.0. The van der Waals surface area contributed by atoms with E-state index in [2.05, 4.69) is 29.3 Å². The van der Waals surface area contributed by atoms with Gasteiger partial charge in [-0.05, 0) is 61.9 Å². The molecule has 3 rings (SSSR count). The molecule has 116 valence electrons. The van der Waals surface area contributed by atoms with Gasteiger partial charge in [-0.25, -0.2) is 0 Å². The Labute approximate surface area is 133 Å². The first-order valence-electron chi connectivity index (χ1n) is 7.93. The standard InChI is InChI=1S/C17H24N2O.ClH/c1-2-10-19(16-8-9-18-12-16)17(20)15-7-6-13-4-3-5-14(13)11-15;/h6-7,11,16,18H,2-5,8-10,12H2,1H3;1H. The Morgan fingerprint density at radius 1 is 1.33 bits per heavy atom. The van der Waals surface area contributed by atoms with Crippen molar-refractivity contribution in [3.63, 3.8) is 0 Å². The van der Waals surface area contributed by atoms with Crippen LogP contribution in [0, 0.1) is 0 Å². The van der Waals surface area contributed by atoms with E-state index in [1.165, 1.54) is 24.0 Å². The van der Waals surface area contributed by atoms with E-state index >= 15 is 0 Å². The van der Waals surface area contributed by atoms with Gasteiger partial charge in [0, 0.05) is 24.7 Å². The number of carbonyl (C=O) groups is 1. The van der Waals surface area contributed by atoms with Crippen molar-refractivity contribution in [3.8, 4) is 0 Å². The number of hydrogen-bond acceptors (Lipinski definition) is 2. The lowest BCUT2D eigenvalue weighted by molar-refractivity contribution is 0.0692. The maximum Gasteiger partial charge on any atom is 0.254 e. The van der Waals surface area contributed by atoms with Crippen LogP contribution in [0.3, 0.4) is 0 Å². The van der Waals surface area contributed by atoms with E-state index in [0.29, 0.717) is 6.04 Å². The lowest BCUT2D eigenvalue weighted by Crippen LogP contribution is -2.42. The van der Waals surface area contributed by atoms with Crippen LogP contribution in [-0.4, -0.2) is 36.5 Å². The molecule has 0 aromatic heterocycles. The molecule has 1 amide bonds. The van der Waals surface area contributed by atoms with Crippen LogP contribution < -0.4 is 5.32 Å². The Kier molecular flexibility index (Phi) is 5.65. The molecule has 2 aliphatic rings. The summed E-state index contributed by atoms with van der Waals surface area (Å²) in [7, 11) is 0. The van der Waals surface area contributed by atoms with Crippen molar-refractivity contribution >= 4 is 18.3 Å². The fourth-order valence-corrected chi connectivity index (χ4v) is 3.47. The van der Waals surface area contributed by atoms with Crippen LogP contribution in [0.2, 0.25) is 0 Å². The van der Waals surface area contributed by atoms with Gasteiger partial charge in [-0.2, -0.15) is 0 Å². The van der Waals surface area contributed by atoms with Gasteiger partial charge in [-0.15, -0.1) is 12.4 Å². The van der Waals surface area contributed by atoms with Gasteiger partial charge >= 0.3 is 0 Å². The van der Waals surface area contributed by atoms with Crippen molar-refractivity contribution in [2.45, 2.75) is 45.1 Å². The third kappa shape index (κ3) is 3.41. The number of amides is 1. The Hall–Kier alpha value is -1.06. The first-order chi connectivity index (χ1) is 9.79. The smallest absolute Gasteiger partial charge is 0.254 e. The highest BCUT2D eigenvalue weighted by Crippen LogP contribution is 2.24. The molecule has 4 heteroatoms. The Balaban J connectivity index is 0.00000161. The first kappa shape index (κ1) is 16.3. The minimum absolute atomic E-state index is 0. The number of nitrogens with one attached hydrogen (secondary N) is 1. The summed E-state index contributed by atoms with van der Waals surface area (Å²) in [6.45, 7) is 4.98. The first-order valence-corrected chi connectivity index (χ1v) is 7.93. The number of fused-ring (bicyclic) bond motifs is 1. The molecule has 1 heterocycles. The molecule has 1 aliphatic heterocycles. The monoisotopic (exact) mass is 308 g/mol. The zero-order valence-corrected chi connectivity index (χ0v) is 13.5. The van der Waals surface area contributed by atoms with E-state index in [0.717, 1.165) is 44.5 Å². The second-order valence-electron chi connectivity index (χ2n) is 5.98. The number of carbonyl (C=O) groups excluding carboxylic acids is 1. The number of nitrogens with zero attached hydrogens (tertiary/aromatic N) is 1. The summed E-state index contributed by atoms with van der Waals surface area (Å²) >= 11 is 0. The van der Waals surface area contributed by atoms with Crippen LogP contribution in [0.5, 0.6) is 0 Å². The maximum absolute atomic E-state index is 12.8. The van der Waals surface area contributed by atoms with E-state index < -0.39 is 0 Å². The van der Waals surface area contributed by atoms with Crippen molar-refractivity contribution in [2.75, 3.05) is 19.6 Å². The summed E-state index contributed by atoms with van der Waals surface area (Å²) in [5.41, 5.74) is 3.70. The molecule has 0 radical (unpaired) electrons. The van der Waals surface area contributed by atoms with E-state index in [1.807, 2.05) is 6.07 Å². The average Bonchev–Trinajstić information content (AvgIpc) is 3.13. The third-order valence-corrected chi connectivity index (χ3v) is 4.55. The molecule has 3 nitrogen and oxygen atoms in total. The lowest BCUT2D eigenvalue weighted by Gasteiger charge is -2.28. The highest BCUT2D eigenvalue weighted by atomic mass is 35.5. The number of benzene rings is 1. The summed E-state index contributed by atoms with van der Waals surface area (Å²) in [5.74, 6) is 0.218. The predicted octanol–water partition coefficient (Wildman–Crippen LogP) is 2.81. The molecule has 1 aliphatic carbocycles. The molecule has 1 atom stereocenters. The maximum atomic E-state index is 12.8. The van der Waals surface area contributed by atoms with E-state index in [-0.39, 0.29) is 18.3 Å². The zero-order chi connectivity index (χ0) is 13.9. The second kappa shape index (κ2) is 7.28. The van der Waals surface area contributed by atoms with E-state index in [9.17, 15) is 4.79 Å². The zero-order valence-electron chi connectivity index (χ0n) is 12.7. The second-order valence-corrected chi connectivity index (χ2v) is 5.98. The van der Waals surface area contributed by atoms with Crippen LogP contribution in [0.1, 0.15) is 47.7 Å². The van der Waals surface area contributed by atoms with Gasteiger partial charge in [0.25, 0.3) is 5.91 Å². The SMILES string of the molecule is CCCN(C(=O)c1ccc2c(c1)CCC2)C1CCNC1.Cl. The molecular formula is C17H25ClN2O. The molecule has 1 aromatic carbocycles. The molecule has 1 fully saturated rings. The van der Waals surface area contributed by atoms with Gasteiger partial charge in [0.05, 0.1) is 0 Å². The van der Waals surface area contributed by atoms with Gasteiger partial charge in [0.15, 0.2) is 0 Å². The minimum atomic E-state index is 0. The van der Waals surface area contributed by atoms with Crippen molar-refractivity contribution < 1.29 is 4.79 Å². The third-order valence-electron chi connectivity index (χ3n) is 4.55. The van der Waals surface area contributed by atoms with E-state index in [4.69, 9.17) is 0 Å². The van der Waals surface area contributed by atoms with Crippen LogP contribution in [0.15, 0.2) is 18.2 Å². The van der Waals surface area contributed by atoms with Crippen molar-refractivity contribution in [1.29, 1.82) is 0 Å². The number of hydrogen-bond donors (Lipinski definition) is 1. The highest BCUT2D eigenvalue weighted by molar-refractivity contribution is 5.94. The molecule has 0 spiro atoms. The summed E-state index contributed by atoms with van der Waals surface area (Å²) in [6.07, 6.45) is 5.65. The van der Waals surface area contributed by atoms with Gasteiger partial charge in [-0.1, -0.05) is 13.0 Å². The van der Waals surface area contributed by atoms with Crippen LogP contribution in [0.4, 0.5) is 0 Å². The van der Waals surface area contributed by atoms with Gasteiger partial charge in [0.1, 0.15) is 0 Å². The normalized spacial score (nSPS) is 20.0. The van der Waals surface area contributed by atoms with Crippen molar-refractivity contribution in [1.82, 2.24) is 10.2 Å². The highest BCUT2D eigenvalue weighted by Gasteiger charge is 2.27. The summed E-state index contributed by atoms with van der Waals surface area (Å²) < 4.78 is 0. The van der Waals surface area contributed by atoms with Crippen LogP contribution >= 0.6 is 12.4 Å². The molecule has 1 saturated heterocycles. The van der Waals surface area contributed by atoms with Gasteiger partial charge in [0.2, 0.25) is 0 Å². The topological polar surface area (TPSA) is 32.3 Å².